The molecular weight excluding hydrogens is 580 g/mol. The molecule has 3 fully saturated rings. The zero-order chi connectivity index (χ0) is 30.6. The molecule has 2 saturated heterocycles. The lowest BCUT2D eigenvalue weighted by Crippen LogP contribution is -2.46. The lowest BCUT2D eigenvalue weighted by molar-refractivity contribution is 0.0485. The predicted octanol–water partition coefficient (Wildman–Crippen LogP) is 8.07. The van der Waals surface area contributed by atoms with Gasteiger partial charge in [-0.25, -0.2) is 0 Å². The van der Waals surface area contributed by atoms with Crippen LogP contribution in [0, 0.1) is 0 Å². The first-order valence-electron chi connectivity index (χ1n) is 16.8. The average molecular weight is 625 g/mol. The van der Waals surface area contributed by atoms with Crippen LogP contribution in [-0.4, -0.2) is 74.2 Å². The van der Waals surface area contributed by atoms with E-state index in [1.165, 1.54) is 71.1 Å². The Morgan fingerprint density at radius 3 is 2.24 bits per heavy atom. The van der Waals surface area contributed by atoms with Crippen LogP contribution in [0.2, 0.25) is 0 Å². The van der Waals surface area contributed by atoms with Crippen molar-refractivity contribution in [3.05, 3.63) is 77.9 Å². The molecule has 45 heavy (non-hydrogen) atoms. The molecule has 4 aromatic rings. The average Bonchev–Trinajstić information content (AvgIpc) is 3.87. The van der Waals surface area contributed by atoms with Crippen molar-refractivity contribution in [1.82, 2.24) is 9.80 Å². The molecule has 236 valence electrons. The molecule has 3 aliphatic rings. The van der Waals surface area contributed by atoms with Gasteiger partial charge in [-0.1, -0.05) is 6.42 Å². The highest BCUT2D eigenvalue weighted by Crippen LogP contribution is 2.42. The maximum absolute atomic E-state index is 14.2. The van der Waals surface area contributed by atoms with Gasteiger partial charge in [0.25, 0.3) is 0 Å². The van der Waals surface area contributed by atoms with Crippen LogP contribution in [0.4, 0.5) is 0 Å². The van der Waals surface area contributed by atoms with Gasteiger partial charge in [-0.2, -0.15) is 0 Å². The molecule has 1 unspecified atom stereocenters. The third-order valence-corrected chi connectivity index (χ3v) is 11.0. The second-order valence-electron chi connectivity index (χ2n) is 12.7. The quantitative estimate of drug-likeness (QED) is 0.157. The molecule has 2 aliphatic heterocycles. The second kappa shape index (κ2) is 13.9. The summed E-state index contributed by atoms with van der Waals surface area (Å²) < 4.78 is 19.2. The molecule has 7 heteroatoms. The number of likely N-dealkylation sites (tertiary alicyclic amines) is 2. The Balaban J connectivity index is 1.11. The first-order chi connectivity index (χ1) is 22.2. The van der Waals surface area contributed by atoms with Crippen molar-refractivity contribution in [3.63, 3.8) is 0 Å². The molecule has 6 nitrogen and oxygen atoms in total. The SMILES string of the molecule is COc1ccc2c(C(=O)c3ccc(O[C@H]4CCCCC4N4CCCC4)cc3)c(-c3ccc(OCCN4CCCC4)cc3)sc2c1. The van der Waals surface area contributed by atoms with Crippen LogP contribution in [0.5, 0.6) is 17.2 Å². The maximum Gasteiger partial charge on any atom is 0.195 e. The van der Waals surface area contributed by atoms with Gasteiger partial charge in [0.05, 0.1) is 7.11 Å². The van der Waals surface area contributed by atoms with E-state index in [4.69, 9.17) is 14.2 Å². The normalized spacial score (nSPS) is 20.9. The summed E-state index contributed by atoms with van der Waals surface area (Å²) in [7, 11) is 1.68. The van der Waals surface area contributed by atoms with Gasteiger partial charge in [-0.15, -0.1) is 11.3 Å². The Hall–Kier alpha value is -3.39. The highest BCUT2D eigenvalue weighted by atomic mass is 32.1. The number of fused-ring (bicyclic) bond motifs is 1. The van der Waals surface area contributed by atoms with Crippen molar-refractivity contribution in [2.45, 2.75) is 63.5 Å². The number of benzene rings is 3. The summed E-state index contributed by atoms with van der Waals surface area (Å²) in [5.41, 5.74) is 2.41. The van der Waals surface area contributed by atoms with Crippen molar-refractivity contribution in [1.29, 1.82) is 0 Å². The summed E-state index contributed by atoms with van der Waals surface area (Å²) in [4.78, 5) is 20.3. The molecule has 0 spiro atoms. The molecule has 2 atom stereocenters. The molecule has 7 rings (SSSR count). The number of ketones is 1. The zero-order valence-corrected chi connectivity index (χ0v) is 27.2. The summed E-state index contributed by atoms with van der Waals surface area (Å²) in [6.45, 7) is 6.37. The van der Waals surface area contributed by atoms with E-state index in [9.17, 15) is 4.79 Å². The molecule has 3 aromatic carbocycles. The summed E-state index contributed by atoms with van der Waals surface area (Å²) in [6.07, 6.45) is 10.2. The first-order valence-corrected chi connectivity index (χ1v) is 17.6. The fraction of sp³-hybridized carbons (Fsp3) is 0.447. The third kappa shape index (κ3) is 6.76. The smallest absolute Gasteiger partial charge is 0.195 e. The van der Waals surface area contributed by atoms with Gasteiger partial charge >= 0.3 is 0 Å². The topological polar surface area (TPSA) is 51.2 Å². The van der Waals surface area contributed by atoms with Crippen molar-refractivity contribution in [3.8, 4) is 27.7 Å². The van der Waals surface area contributed by atoms with E-state index in [1.54, 1.807) is 18.4 Å². The van der Waals surface area contributed by atoms with Crippen LogP contribution in [-0.2, 0) is 0 Å². The second-order valence-corrected chi connectivity index (χ2v) is 13.7. The number of methoxy groups -OCH3 is 1. The molecule has 1 aliphatic carbocycles. The first kappa shape index (κ1) is 30.3. The van der Waals surface area contributed by atoms with Crippen molar-refractivity contribution in [2.24, 2.45) is 0 Å². The molecule has 1 saturated carbocycles. The van der Waals surface area contributed by atoms with Gasteiger partial charge in [-0.05, 0) is 143 Å². The molecule has 0 bridgehead atoms. The minimum atomic E-state index is 0.0199. The Bertz CT molecular complexity index is 1590. The summed E-state index contributed by atoms with van der Waals surface area (Å²) >= 11 is 1.63. The number of hydrogen-bond donors (Lipinski definition) is 0. The van der Waals surface area contributed by atoms with E-state index >= 15 is 0 Å². The fourth-order valence-electron chi connectivity index (χ4n) is 7.34. The van der Waals surface area contributed by atoms with E-state index < -0.39 is 0 Å². The van der Waals surface area contributed by atoms with Crippen LogP contribution in [0.3, 0.4) is 0 Å². The minimum absolute atomic E-state index is 0.0199. The summed E-state index contributed by atoms with van der Waals surface area (Å²) in [5, 5.41) is 0.947. The number of hydrogen-bond acceptors (Lipinski definition) is 7. The zero-order valence-electron chi connectivity index (χ0n) is 26.3. The number of nitrogens with zero attached hydrogens (tertiary/aromatic N) is 2. The molecule has 0 amide bonds. The molecular formula is C38H44N2O4S. The fourth-order valence-corrected chi connectivity index (χ4v) is 8.58. The summed E-state index contributed by atoms with van der Waals surface area (Å²) in [5.74, 6) is 2.51. The lowest BCUT2D eigenvalue weighted by Gasteiger charge is -2.37. The molecule has 1 aromatic heterocycles. The van der Waals surface area contributed by atoms with Gasteiger partial charge in [0.1, 0.15) is 30.0 Å². The van der Waals surface area contributed by atoms with Gasteiger partial charge in [-0.3, -0.25) is 14.6 Å². The van der Waals surface area contributed by atoms with Gasteiger partial charge in [0.15, 0.2) is 5.78 Å². The maximum atomic E-state index is 14.2. The van der Waals surface area contributed by atoms with Crippen LogP contribution >= 0.6 is 11.3 Å². The van der Waals surface area contributed by atoms with Crippen molar-refractivity contribution < 1.29 is 19.0 Å². The van der Waals surface area contributed by atoms with E-state index in [-0.39, 0.29) is 11.9 Å². The number of carbonyl (C=O) groups excluding carboxylic acids is 1. The highest BCUT2D eigenvalue weighted by Gasteiger charge is 2.33. The Kier molecular flexibility index (Phi) is 9.38. The number of carbonyl (C=O) groups is 1. The Morgan fingerprint density at radius 2 is 1.49 bits per heavy atom. The Morgan fingerprint density at radius 1 is 0.800 bits per heavy atom. The van der Waals surface area contributed by atoms with Crippen LogP contribution in [0.25, 0.3) is 20.5 Å². The van der Waals surface area contributed by atoms with Gasteiger partial charge in [0.2, 0.25) is 0 Å². The van der Waals surface area contributed by atoms with Crippen LogP contribution < -0.4 is 14.2 Å². The number of thiophene rings is 1. The van der Waals surface area contributed by atoms with E-state index in [0.717, 1.165) is 56.3 Å². The minimum Gasteiger partial charge on any atom is -0.497 e. The third-order valence-electron chi connectivity index (χ3n) is 9.80. The van der Waals surface area contributed by atoms with E-state index in [2.05, 4.69) is 21.9 Å². The molecule has 3 heterocycles. The number of rotatable bonds is 11. The monoisotopic (exact) mass is 624 g/mol. The predicted molar refractivity (Wildman–Crippen MR) is 182 cm³/mol. The van der Waals surface area contributed by atoms with E-state index in [1.807, 2.05) is 54.6 Å². The molecule has 0 radical (unpaired) electrons. The van der Waals surface area contributed by atoms with Crippen LogP contribution in [0.15, 0.2) is 66.7 Å². The van der Waals surface area contributed by atoms with E-state index in [0.29, 0.717) is 18.2 Å². The Labute approximate surface area is 270 Å². The van der Waals surface area contributed by atoms with Gasteiger partial charge < -0.3 is 14.2 Å². The van der Waals surface area contributed by atoms with Crippen molar-refractivity contribution in [2.75, 3.05) is 46.4 Å². The number of ether oxygens (including phenoxy) is 3. The highest BCUT2D eigenvalue weighted by molar-refractivity contribution is 7.22. The largest absolute Gasteiger partial charge is 0.497 e. The lowest BCUT2D eigenvalue weighted by atomic mass is 9.91. The van der Waals surface area contributed by atoms with Crippen LogP contribution in [0.1, 0.15) is 67.3 Å². The molecule has 0 N–H and O–H groups in total. The van der Waals surface area contributed by atoms with Gasteiger partial charge in [0, 0.05) is 38.7 Å². The summed E-state index contributed by atoms with van der Waals surface area (Å²) in [6, 6.07) is 22.5. The van der Waals surface area contributed by atoms with Crippen molar-refractivity contribution >= 4 is 27.2 Å². The standard InChI is InChI=1S/C38H44N2O4S/c1-42-31-18-19-32-35(26-31)45-38(28-12-14-29(15-13-28)43-25-24-39-20-4-5-21-39)36(32)37(41)27-10-16-30(17-11-27)44-34-9-3-2-8-33(34)40-22-6-7-23-40/h10-19,26,33-34H,2-9,20-25H2,1H3/t33?,34-/m0/s1.